The van der Waals surface area contributed by atoms with Gasteiger partial charge in [-0.15, -0.1) is 0 Å². The fourth-order valence-corrected chi connectivity index (χ4v) is 3.05. The number of rotatable bonds is 3. The number of aliphatic carboxylic acids is 1. The minimum atomic E-state index is -1.18. The number of hydrogen-bond acceptors (Lipinski definition) is 3. The summed E-state index contributed by atoms with van der Waals surface area (Å²) in [5, 5.41) is 12.0. The van der Waals surface area contributed by atoms with Crippen LogP contribution >= 0.6 is 0 Å². The standard InChI is InChI=1S/C15H16FNO4/c16-10-3-4-11-9(7-10)8-12(21-11)13(18)17-15(14(19)20)5-1-2-6-15/h3-4,7,12H,1-2,5-6,8H2,(H,17,18)(H,19,20). The van der Waals surface area contributed by atoms with E-state index in [1.165, 1.54) is 18.2 Å². The average molecular weight is 293 g/mol. The van der Waals surface area contributed by atoms with Gasteiger partial charge < -0.3 is 15.2 Å². The van der Waals surface area contributed by atoms with Crippen molar-refractivity contribution in [2.45, 2.75) is 43.7 Å². The van der Waals surface area contributed by atoms with Gasteiger partial charge in [0.25, 0.3) is 5.91 Å². The molecular formula is C15H16FNO4. The van der Waals surface area contributed by atoms with Gasteiger partial charge in [-0.25, -0.2) is 9.18 Å². The van der Waals surface area contributed by atoms with Crippen molar-refractivity contribution in [3.05, 3.63) is 29.6 Å². The summed E-state index contributed by atoms with van der Waals surface area (Å²) >= 11 is 0. The van der Waals surface area contributed by atoms with Crippen molar-refractivity contribution in [1.29, 1.82) is 0 Å². The third kappa shape index (κ3) is 2.46. The molecule has 2 aliphatic rings. The van der Waals surface area contributed by atoms with E-state index in [4.69, 9.17) is 4.74 Å². The van der Waals surface area contributed by atoms with Crippen molar-refractivity contribution in [2.24, 2.45) is 0 Å². The Hall–Kier alpha value is -2.11. The van der Waals surface area contributed by atoms with Gasteiger partial charge >= 0.3 is 5.97 Å². The number of halogens is 1. The lowest BCUT2D eigenvalue weighted by atomic mass is 9.97. The number of carboxylic acids is 1. The Bertz CT molecular complexity index is 595. The quantitative estimate of drug-likeness (QED) is 0.888. The van der Waals surface area contributed by atoms with E-state index in [1.54, 1.807) is 0 Å². The Balaban J connectivity index is 1.71. The SMILES string of the molecule is O=C(NC1(C(=O)O)CCCC1)C1Cc2cc(F)ccc2O1. The maximum atomic E-state index is 13.2. The Morgan fingerprint density at radius 2 is 2.05 bits per heavy atom. The first-order valence-corrected chi connectivity index (χ1v) is 7.01. The van der Waals surface area contributed by atoms with Crippen molar-refractivity contribution in [3.8, 4) is 5.75 Å². The fraction of sp³-hybridized carbons (Fsp3) is 0.467. The lowest BCUT2D eigenvalue weighted by Gasteiger charge is -2.26. The first-order chi connectivity index (χ1) is 10.00. The molecule has 1 aliphatic carbocycles. The first kappa shape index (κ1) is 13.9. The molecule has 1 amide bonds. The molecular weight excluding hydrogens is 277 g/mol. The average Bonchev–Trinajstić information content (AvgIpc) is 3.05. The van der Waals surface area contributed by atoms with Crippen molar-refractivity contribution in [1.82, 2.24) is 5.32 Å². The zero-order valence-electron chi connectivity index (χ0n) is 11.4. The van der Waals surface area contributed by atoms with Crippen molar-refractivity contribution in [3.63, 3.8) is 0 Å². The summed E-state index contributed by atoms with van der Waals surface area (Å²) in [5.41, 5.74) is -0.550. The number of carboxylic acid groups (broad SMARTS) is 1. The van der Waals surface area contributed by atoms with Crippen LogP contribution in [0.1, 0.15) is 31.2 Å². The topological polar surface area (TPSA) is 75.6 Å². The second-order valence-electron chi connectivity index (χ2n) is 5.65. The molecule has 1 saturated carbocycles. The predicted octanol–water partition coefficient (Wildman–Crippen LogP) is 1.64. The minimum absolute atomic E-state index is 0.259. The van der Waals surface area contributed by atoms with Gasteiger partial charge in [-0.2, -0.15) is 0 Å². The molecule has 0 bridgehead atoms. The summed E-state index contributed by atoms with van der Waals surface area (Å²) in [6, 6.07) is 4.10. The lowest BCUT2D eigenvalue weighted by Crippen LogP contribution is -2.55. The maximum Gasteiger partial charge on any atom is 0.329 e. The number of nitrogens with one attached hydrogen (secondary N) is 1. The highest BCUT2D eigenvalue weighted by atomic mass is 19.1. The number of ether oxygens (including phenoxy) is 1. The van der Waals surface area contributed by atoms with E-state index in [-0.39, 0.29) is 12.2 Å². The van der Waals surface area contributed by atoms with Crippen LogP contribution in [0.25, 0.3) is 0 Å². The molecule has 1 heterocycles. The fourth-order valence-electron chi connectivity index (χ4n) is 3.05. The number of fused-ring (bicyclic) bond motifs is 1. The van der Waals surface area contributed by atoms with E-state index in [0.717, 1.165) is 12.8 Å². The smallest absolute Gasteiger partial charge is 0.329 e. The molecule has 0 radical (unpaired) electrons. The van der Waals surface area contributed by atoms with E-state index in [0.29, 0.717) is 24.2 Å². The molecule has 5 nitrogen and oxygen atoms in total. The molecule has 1 unspecified atom stereocenters. The summed E-state index contributed by atoms with van der Waals surface area (Å²) in [4.78, 5) is 23.7. The molecule has 0 aromatic heterocycles. The Morgan fingerprint density at radius 3 is 2.71 bits per heavy atom. The van der Waals surface area contributed by atoms with Gasteiger partial charge in [0.15, 0.2) is 6.10 Å². The predicted molar refractivity (Wildman–Crippen MR) is 71.5 cm³/mol. The summed E-state index contributed by atoms with van der Waals surface area (Å²) in [7, 11) is 0. The number of carbonyl (C=O) groups is 2. The monoisotopic (exact) mass is 293 g/mol. The Morgan fingerprint density at radius 1 is 1.33 bits per heavy atom. The number of benzene rings is 1. The van der Waals surface area contributed by atoms with E-state index >= 15 is 0 Å². The van der Waals surface area contributed by atoms with Gasteiger partial charge in [0.2, 0.25) is 0 Å². The van der Waals surface area contributed by atoms with Crippen LogP contribution in [0.5, 0.6) is 5.75 Å². The lowest BCUT2D eigenvalue weighted by molar-refractivity contribution is -0.148. The van der Waals surface area contributed by atoms with E-state index < -0.39 is 23.5 Å². The first-order valence-electron chi connectivity index (χ1n) is 7.01. The van der Waals surface area contributed by atoms with Crippen LogP contribution in [0.3, 0.4) is 0 Å². The molecule has 1 atom stereocenters. The summed E-state index contributed by atoms with van der Waals surface area (Å²) in [6.45, 7) is 0. The van der Waals surface area contributed by atoms with Crippen LogP contribution in [0.2, 0.25) is 0 Å². The van der Waals surface area contributed by atoms with E-state index in [1.807, 2.05) is 0 Å². The maximum absolute atomic E-state index is 13.2. The molecule has 0 spiro atoms. The van der Waals surface area contributed by atoms with Gasteiger partial charge in [0.05, 0.1) is 0 Å². The van der Waals surface area contributed by atoms with Gasteiger partial charge in [-0.05, 0) is 31.0 Å². The zero-order chi connectivity index (χ0) is 15.0. The highest BCUT2D eigenvalue weighted by Gasteiger charge is 2.44. The Kier molecular flexibility index (Phi) is 3.31. The zero-order valence-corrected chi connectivity index (χ0v) is 11.4. The van der Waals surface area contributed by atoms with E-state index in [9.17, 15) is 19.1 Å². The second-order valence-corrected chi connectivity index (χ2v) is 5.65. The number of carbonyl (C=O) groups excluding carboxylic acids is 1. The Labute approximate surface area is 121 Å². The molecule has 1 aliphatic heterocycles. The van der Waals surface area contributed by atoms with Crippen molar-refractivity contribution >= 4 is 11.9 Å². The van der Waals surface area contributed by atoms with Gasteiger partial charge in [-0.1, -0.05) is 12.8 Å². The van der Waals surface area contributed by atoms with Crippen LogP contribution in [-0.4, -0.2) is 28.6 Å². The molecule has 1 fully saturated rings. The van der Waals surface area contributed by atoms with E-state index in [2.05, 4.69) is 5.32 Å². The van der Waals surface area contributed by atoms with Crippen molar-refractivity contribution < 1.29 is 23.8 Å². The van der Waals surface area contributed by atoms with Crippen LogP contribution in [-0.2, 0) is 16.0 Å². The van der Waals surface area contributed by atoms with Gasteiger partial charge in [0, 0.05) is 12.0 Å². The van der Waals surface area contributed by atoms with Gasteiger partial charge in [0.1, 0.15) is 17.1 Å². The molecule has 1 aromatic carbocycles. The molecule has 6 heteroatoms. The van der Waals surface area contributed by atoms with Crippen LogP contribution in [0, 0.1) is 5.82 Å². The molecule has 112 valence electrons. The largest absolute Gasteiger partial charge is 0.480 e. The summed E-state index contributed by atoms with van der Waals surface area (Å²) in [5.74, 6) is -1.35. The van der Waals surface area contributed by atoms with Crippen LogP contribution < -0.4 is 10.1 Å². The highest BCUT2D eigenvalue weighted by Crippen LogP contribution is 2.32. The third-order valence-corrected chi connectivity index (χ3v) is 4.22. The number of hydrogen-bond donors (Lipinski definition) is 2. The van der Waals surface area contributed by atoms with Gasteiger partial charge in [-0.3, -0.25) is 4.79 Å². The normalized spacial score (nSPS) is 22.4. The van der Waals surface area contributed by atoms with Crippen LogP contribution in [0.15, 0.2) is 18.2 Å². The highest BCUT2D eigenvalue weighted by molar-refractivity contribution is 5.90. The summed E-state index contributed by atoms with van der Waals surface area (Å²) < 4.78 is 18.6. The number of amides is 1. The van der Waals surface area contributed by atoms with Crippen molar-refractivity contribution in [2.75, 3.05) is 0 Å². The molecule has 3 rings (SSSR count). The molecule has 2 N–H and O–H groups in total. The minimum Gasteiger partial charge on any atom is -0.480 e. The molecule has 21 heavy (non-hydrogen) atoms. The summed E-state index contributed by atoms with van der Waals surface area (Å²) in [6.07, 6.45) is 1.89. The molecule has 1 aromatic rings. The molecule has 0 saturated heterocycles. The third-order valence-electron chi connectivity index (χ3n) is 4.22. The van der Waals surface area contributed by atoms with Crippen LogP contribution in [0.4, 0.5) is 4.39 Å². The second kappa shape index (κ2) is 5.02.